The van der Waals surface area contributed by atoms with Crippen molar-refractivity contribution in [1.82, 2.24) is 5.32 Å². The van der Waals surface area contributed by atoms with Crippen molar-refractivity contribution in [3.63, 3.8) is 0 Å². The van der Waals surface area contributed by atoms with E-state index in [-0.39, 0.29) is 5.92 Å². The summed E-state index contributed by atoms with van der Waals surface area (Å²) < 4.78 is 0. The minimum absolute atomic E-state index is 0.383. The zero-order valence-electron chi connectivity index (χ0n) is 4.79. The third kappa shape index (κ3) is 1.45. The van der Waals surface area contributed by atoms with Crippen LogP contribution in [0.15, 0.2) is 12.3 Å². The number of carbonyl (C=O) groups is 1. The fourth-order valence-electron chi connectivity index (χ4n) is 0.630. The van der Waals surface area contributed by atoms with Crippen LogP contribution in [-0.2, 0) is 4.79 Å². The maximum atomic E-state index is 10.2. The number of hydrogen-bond acceptors (Lipinski definition) is 2. The molecule has 1 aliphatic rings. The van der Waals surface area contributed by atoms with E-state index in [0.717, 1.165) is 0 Å². The van der Waals surface area contributed by atoms with E-state index in [9.17, 15) is 4.79 Å². The van der Waals surface area contributed by atoms with E-state index in [4.69, 9.17) is 5.11 Å². The van der Waals surface area contributed by atoms with E-state index in [1.807, 2.05) is 0 Å². The van der Waals surface area contributed by atoms with Gasteiger partial charge in [0.15, 0.2) is 0 Å². The van der Waals surface area contributed by atoms with Crippen LogP contribution in [0.5, 0.6) is 0 Å². The third-order valence-corrected chi connectivity index (χ3v) is 1.15. The summed E-state index contributed by atoms with van der Waals surface area (Å²) in [6.07, 6.45) is 3.65. The lowest BCUT2D eigenvalue weighted by molar-refractivity contribution is -0.140. The summed E-state index contributed by atoms with van der Waals surface area (Å²) in [5.41, 5.74) is 0. The monoisotopic (exact) mass is 125 g/mol. The summed E-state index contributed by atoms with van der Waals surface area (Å²) in [7, 11) is 0. The Kier molecular flexibility index (Phi) is 1.72. The second-order valence-corrected chi connectivity index (χ2v) is 1.83. The molecule has 2 N–H and O–H groups in total. The topological polar surface area (TPSA) is 49.3 Å². The summed E-state index contributed by atoms with van der Waals surface area (Å²) in [5.74, 6) is -1.17. The Morgan fingerprint density at radius 2 is 2.67 bits per heavy atom. The summed E-state index contributed by atoms with van der Waals surface area (Å²) >= 11 is 0. The molecular weight excluding hydrogens is 118 g/mol. The molecule has 0 bridgehead atoms. The Bertz CT molecular complexity index is 142. The Labute approximate surface area is 53.4 Å². The van der Waals surface area contributed by atoms with Crippen molar-refractivity contribution in [2.45, 2.75) is 6.42 Å². The number of rotatable bonds is 1. The summed E-state index contributed by atoms with van der Waals surface area (Å²) in [5, 5.41) is 11.1. The zero-order chi connectivity index (χ0) is 6.69. The number of hydrogen-bond donors (Lipinski definition) is 2. The van der Waals surface area contributed by atoms with Gasteiger partial charge in [0.1, 0.15) is 0 Å². The molecule has 0 aromatic rings. The average Bonchev–Trinajstić information content (AvgIpc) is 1.90. The van der Waals surface area contributed by atoms with Crippen LogP contribution in [0.4, 0.5) is 0 Å². The van der Waals surface area contributed by atoms with Gasteiger partial charge in [-0.15, -0.1) is 0 Å². The molecule has 0 saturated carbocycles. The zero-order valence-corrected chi connectivity index (χ0v) is 4.79. The first-order valence-corrected chi connectivity index (χ1v) is 2.68. The first kappa shape index (κ1) is 6.13. The van der Waals surface area contributed by atoms with Crippen LogP contribution in [0.2, 0.25) is 0 Å². The SMILES string of the molecule is O=C(O)C1C=CN[C]C1. The molecule has 1 heterocycles. The minimum atomic E-state index is -0.791. The van der Waals surface area contributed by atoms with Crippen molar-refractivity contribution in [2.75, 3.05) is 0 Å². The van der Waals surface area contributed by atoms with Gasteiger partial charge in [-0.1, -0.05) is 6.08 Å². The van der Waals surface area contributed by atoms with Crippen LogP contribution in [0, 0.1) is 12.5 Å². The molecule has 2 radical (unpaired) electrons. The fraction of sp³-hybridized carbons (Fsp3) is 0.333. The predicted molar refractivity (Wildman–Crippen MR) is 31.3 cm³/mol. The highest BCUT2D eigenvalue weighted by Gasteiger charge is 2.15. The van der Waals surface area contributed by atoms with Gasteiger partial charge >= 0.3 is 5.97 Å². The maximum absolute atomic E-state index is 10.2. The first-order valence-electron chi connectivity index (χ1n) is 2.68. The standard InChI is InChI=1S/C6H7NO2/c8-6(9)5-1-3-7-4-2-5/h1,3,5,7H,2H2,(H,8,9). The molecule has 48 valence electrons. The molecule has 3 heteroatoms. The van der Waals surface area contributed by atoms with E-state index < -0.39 is 5.97 Å². The molecular formula is C6H7NO2. The number of nitrogens with one attached hydrogen (secondary N) is 1. The Balaban J connectivity index is 2.50. The summed E-state index contributed by atoms with van der Waals surface area (Å²) in [6, 6.07) is 0. The Morgan fingerprint density at radius 3 is 3.00 bits per heavy atom. The van der Waals surface area contributed by atoms with Gasteiger partial charge in [-0.25, -0.2) is 0 Å². The smallest absolute Gasteiger partial charge is 0.310 e. The molecule has 0 aromatic heterocycles. The quantitative estimate of drug-likeness (QED) is 0.527. The van der Waals surface area contributed by atoms with Gasteiger partial charge in [-0.05, 0) is 12.6 Å². The van der Waals surface area contributed by atoms with Crippen molar-refractivity contribution in [3.8, 4) is 0 Å². The molecule has 9 heavy (non-hydrogen) atoms. The van der Waals surface area contributed by atoms with E-state index in [1.54, 1.807) is 12.3 Å². The largest absolute Gasteiger partial charge is 0.481 e. The third-order valence-electron chi connectivity index (χ3n) is 1.15. The lowest BCUT2D eigenvalue weighted by atomic mass is 10.0. The normalized spacial score (nSPS) is 25.1. The molecule has 1 rings (SSSR count). The predicted octanol–water partition coefficient (Wildman–Crippen LogP) is 0.233. The van der Waals surface area contributed by atoms with Crippen LogP contribution in [0.1, 0.15) is 6.42 Å². The summed E-state index contributed by atoms with van der Waals surface area (Å²) in [4.78, 5) is 10.2. The molecule has 1 atom stereocenters. The molecule has 3 nitrogen and oxygen atoms in total. The Morgan fingerprint density at radius 1 is 1.89 bits per heavy atom. The van der Waals surface area contributed by atoms with Crippen molar-refractivity contribution >= 4 is 5.97 Å². The molecule has 0 amide bonds. The molecule has 1 aliphatic heterocycles. The van der Waals surface area contributed by atoms with Gasteiger partial charge in [-0.3, -0.25) is 4.79 Å². The number of aliphatic carboxylic acids is 1. The van der Waals surface area contributed by atoms with E-state index >= 15 is 0 Å². The summed E-state index contributed by atoms with van der Waals surface area (Å²) in [6.45, 7) is 2.70. The molecule has 0 saturated heterocycles. The molecule has 0 aliphatic carbocycles. The van der Waals surface area contributed by atoms with Crippen LogP contribution in [0.25, 0.3) is 0 Å². The van der Waals surface area contributed by atoms with Gasteiger partial charge in [0.2, 0.25) is 0 Å². The van der Waals surface area contributed by atoms with Gasteiger partial charge in [-0.2, -0.15) is 0 Å². The van der Waals surface area contributed by atoms with Gasteiger partial charge in [0, 0.05) is 0 Å². The van der Waals surface area contributed by atoms with Crippen LogP contribution in [0.3, 0.4) is 0 Å². The lowest BCUT2D eigenvalue weighted by Gasteiger charge is -2.10. The maximum Gasteiger partial charge on any atom is 0.310 e. The van der Waals surface area contributed by atoms with Crippen LogP contribution < -0.4 is 5.32 Å². The van der Waals surface area contributed by atoms with Crippen molar-refractivity contribution in [2.24, 2.45) is 5.92 Å². The van der Waals surface area contributed by atoms with Gasteiger partial charge in [0.25, 0.3) is 0 Å². The minimum Gasteiger partial charge on any atom is -0.481 e. The molecule has 0 spiro atoms. The van der Waals surface area contributed by atoms with Gasteiger partial charge < -0.3 is 10.4 Å². The second-order valence-electron chi connectivity index (χ2n) is 1.83. The molecule has 1 unspecified atom stereocenters. The van der Waals surface area contributed by atoms with Crippen LogP contribution >= 0.6 is 0 Å². The average molecular weight is 125 g/mol. The van der Waals surface area contributed by atoms with E-state index in [0.29, 0.717) is 6.42 Å². The molecule has 0 fully saturated rings. The highest BCUT2D eigenvalue weighted by Crippen LogP contribution is 2.09. The molecule has 0 aromatic carbocycles. The van der Waals surface area contributed by atoms with Crippen LogP contribution in [-0.4, -0.2) is 11.1 Å². The van der Waals surface area contributed by atoms with Gasteiger partial charge in [0.05, 0.1) is 12.5 Å². The second kappa shape index (κ2) is 2.53. The van der Waals surface area contributed by atoms with E-state index in [2.05, 4.69) is 11.9 Å². The fourth-order valence-corrected chi connectivity index (χ4v) is 0.630. The Hall–Kier alpha value is -0.990. The number of carboxylic acids is 1. The highest BCUT2D eigenvalue weighted by atomic mass is 16.4. The van der Waals surface area contributed by atoms with E-state index in [1.165, 1.54) is 0 Å². The highest BCUT2D eigenvalue weighted by molar-refractivity contribution is 5.72. The lowest BCUT2D eigenvalue weighted by Crippen LogP contribution is -2.18. The first-order chi connectivity index (χ1) is 4.30. The van der Waals surface area contributed by atoms with Crippen molar-refractivity contribution in [3.05, 3.63) is 18.8 Å². The van der Waals surface area contributed by atoms with Crippen molar-refractivity contribution < 1.29 is 9.90 Å². The van der Waals surface area contributed by atoms with Crippen molar-refractivity contribution in [1.29, 1.82) is 0 Å². The number of carboxylic acid groups (broad SMARTS) is 1.